The molecule has 0 aliphatic heterocycles. The Hall–Kier alpha value is -1.06. The standard InChI is InChI=1S/C10H5ClO2S/c11-6-1-3-7(4-2-6)14-9-5-8(12)10(9)13/h1-5H. The Morgan fingerprint density at radius 3 is 2.21 bits per heavy atom. The highest BCUT2D eigenvalue weighted by Crippen LogP contribution is 2.25. The maximum atomic E-state index is 11.0. The number of halogens is 1. The SMILES string of the molecule is O=c1cc(Sc2ccc(Cl)cc2)c1=O. The summed E-state index contributed by atoms with van der Waals surface area (Å²) in [5.74, 6) is 0. The number of rotatable bonds is 2. The molecule has 0 radical (unpaired) electrons. The van der Waals surface area contributed by atoms with Crippen LogP contribution in [0.15, 0.2) is 49.7 Å². The van der Waals surface area contributed by atoms with Gasteiger partial charge in [0.1, 0.15) is 0 Å². The average Bonchev–Trinajstić information content (AvgIpc) is 2.20. The van der Waals surface area contributed by atoms with Crippen LogP contribution in [0.25, 0.3) is 0 Å². The number of benzene rings is 1. The summed E-state index contributed by atoms with van der Waals surface area (Å²) in [5, 5.41) is 0.652. The van der Waals surface area contributed by atoms with Crippen molar-refractivity contribution >= 4 is 23.4 Å². The van der Waals surface area contributed by atoms with Crippen molar-refractivity contribution in [3.63, 3.8) is 0 Å². The first-order valence-electron chi connectivity index (χ1n) is 3.90. The van der Waals surface area contributed by atoms with Gasteiger partial charge in [0, 0.05) is 16.0 Å². The van der Waals surface area contributed by atoms with Gasteiger partial charge in [0.25, 0.3) is 0 Å². The predicted octanol–water partition coefficient (Wildman–Crippen LogP) is 2.09. The highest BCUT2D eigenvalue weighted by molar-refractivity contribution is 7.99. The monoisotopic (exact) mass is 224 g/mol. The fraction of sp³-hybridized carbons (Fsp3) is 0. The summed E-state index contributed by atoms with van der Waals surface area (Å²) >= 11 is 6.99. The molecule has 2 aromatic rings. The van der Waals surface area contributed by atoms with Gasteiger partial charge in [0.15, 0.2) is 0 Å². The van der Waals surface area contributed by atoms with Gasteiger partial charge in [-0.15, -0.1) is 0 Å². The fourth-order valence-electron chi connectivity index (χ4n) is 0.999. The van der Waals surface area contributed by atoms with Crippen molar-refractivity contribution in [3.8, 4) is 0 Å². The molecule has 70 valence electrons. The first-order chi connectivity index (χ1) is 6.66. The second kappa shape index (κ2) is 3.59. The quantitative estimate of drug-likeness (QED) is 0.733. The smallest absolute Gasteiger partial charge is 0.239 e. The molecule has 0 atom stereocenters. The lowest BCUT2D eigenvalue weighted by Gasteiger charge is -2.01. The molecule has 0 amide bonds. The molecule has 4 heteroatoms. The Morgan fingerprint density at radius 2 is 1.71 bits per heavy atom. The maximum absolute atomic E-state index is 11.0. The molecule has 0 fully saturated rings. The van der Waals surface area contributed by atoms with Crippen LogP contribution in [-0.4, -0.2) is 0 Å². The third-order valence-electron chi connectivity index (χ3n) is 1.75. The zero-order valence-corrected chi connectivity index (χ0v) is 8.56. The molecule has 0 aliphatic rings. The highest BCUT2D eigenvalue weighted by Gasteiger charge is 2.10. The van der Waals surface area contributed by atoms with E-state index in [9.17, 15) is 9.59 Å². The molecule has 0 N–H and O–H groups in total. The van der Waals surface area contributed by atoms with Gasteiger partial charge >= 0.3 is 0 Å². The molecule has 2 rings (SSSR count). The number of hydrogen-bond acceptors (Lipinski definition) is 3. The van der Waals surface area contributed by atoms with Gasteiger partial charge < -0.3 is 0 Å². The van der Waals surface area contributed by atoms with E-state index in [0.717, 1.165) is 4.90 Å². The van der Waals surface area contributed by atoms with Crippen LogP contribution >= 0.6 is 23.4 Å². The van der Waals surface area contributed by atoms with Gasteiger partial charge in [0.05, 0.1) is 4.90 Å². The Balaban J connectivity index is 2.21. The van der Waals surface area contributed by atoms with E-state index in [1.807, 2.05) is 12.1 Å². The van der Waals surface area contributed by atoms with Crippen LogP contribution in [0, 0.1) is 0 Å². The predicted molar refractivity (Wildman–Crippen MR) is 56.9 cm³/mol. The molecule has 0 saturated heterocycles. The van der Waals surface area contributed by atoms with Gasteiger partial charge in [-0.25, -0.2) is 0 Å². The van der Waals surface area contributed by atoms with Gasteiger partial charge in [-0.3, -0.25) is 9.59 Å². The largest absolute Gasteiger partial charge is 0.285 e. The van der Waals surface area contributed by atoms with Gasteiger partial charge in [0.2, 0.25) is 10.9 Å². The summed E-state index contributed by atoms with van der Waals surface area (Å²) in [4.78, 5) is 23.0. The van der Waals surface area contributed by atoms with E-state index in [1.54, 1.807) is 12.1 Å². The average molecular weight is 225 g/mol. The first-order valence-corrected chi connectivity index (χ1v) is 5.10. The summed E-state index contributed by atoms with van der Waals surface area (Å²) in [6.45, 7) is 0. The maximum Gasteiger partial charge on any atom is 0.239 e. The summed E-state index contributed by atoms with van der Waals surface area (Å²) in [6.07, 6.45) is 0. The normalized spacial score (nSPS) is 10.6. The van der Waals surface area contributed by atoms with E-state index in [1.165, 1.54) is 17.8 Å². The van der Waals surface area contributed by atoms with Crippen LogP contribution in [0.1, 0.15) is 0 Å². The molecule has 0 bridgehead atoms. The van der Waals surface area contributed by atoms with Crippen molar-refractivity contribution in [2.45, 2.75) is 9.79 Å². The molecular formula is C10H5ClO2S. The van der Waals surface area contributed by atoms with Gasteiger partial charge in [-0.05, 0) is 24.3 Å². The molecule has 0 aromatic heterocycles. The zero-order chi connectivity index (χ0) is 10.1. The Kier molecular flexibility index (Phi) is 2.44. The van der Waals surface area contributed by atoms with Crippen molar-refractivity contribution in [1.82, 2.24) is 0 Å². The van der Waals surface area contributed by atoms with Gasteiger partial charge in [-0.2, -0.15) is 0 Å². The van der Waals surface area contributed by atoms with Crippen molar-refractivity contribution < 1.29 is 0 Å². The van der Waals surface area contributed by atoms with Crippen LogP contribution in [0.5, 0.6) is 0 Å². The van der Waals surface area contributed by atoms with E-state index in [-0.39, 0.29) is 0 Å². The Morgan fingerprint density at radius 1 is 1.07 bits per heavy atom. The molecule has 0 spiro atoms. The van der Waals surface area contributed by atoms with E-state index in [0.29, 0.717) is 9.92 Å². The van der Waals surface area contributed by atoms with Gasteiger partial charge in [-0.1, -0.05) is 23.4 Å². The van der Waals surface area contributed by atoms with Crippen LogP contribution in [0.4, 0.5) is 0 Å². The summed E-state index contributed by atoms with van der Waals surface area (Å²) in [5.41, 5.74) is -0.814. The molecule has 0 unspecified atom stereocenters. The van der Waals surface area contributed by atoms with E-state index < -0.39 is 10.9 Å². The van der Waals surface area contributed by atoms with E-state index >= 15 is 0 Å². The second-order valence-corrected chi connectivity index (χ2v) is 4.31. The molecule has 0 heterocycles. The van der Waals surface area contributed by atoms with Crippen LogP contribution in [-0.2, 0) is 0 Å². The van der Waals surface area contributed by atoms with E-state index in [2.05, 4.69) is 0 Å². The molecule has 0 saturated carbocycles. The van der Waals surface area contributed by atoms with Crippen molar-refractivity contribution in [3.05, 3.63) is 55.8 Å². The lowest BCUT2D eigenvalue weighted by Crippen LogP contribution is -2.30. The molecular weight excluding hydrogens is 220 g/mol. The Bertz CT molecular complexity index is 523. The highest BCUT2D eigenvalue weighted by atomic mass is 35.5. The topological polar surface area (TPSA) is 34.1 Å². The third kappa shape index (κ3) is 1.74. The summed E-state index contributed by atoms with van der Waals surface area (Å²) in [7, 11) is 0. The number of hydrogen-bond donors (Lipinski definition) is 0. The minimum atomic E-state index is -0.415. The van der Waals surface area contributed by atoms with Crippen LogP contribution < -0.4 is 10.9 Å². The lowest BCUT2D eigenvalue weighted by molar-refractivity contribution is 1.22. The molecule has 14 heavy (non-hydrogen) atoms. The summed E-state index contributed by atoms with van der Waals surface area (Å²) < 4.78 is 0. The second-order valence-electron chi connectivity index (χ2n) is 2.76. The molecule has 2 aromatic carbocycles. The van der Waals surface area contributed by atoms with Crippen molar-refractivity contribution in [2.75, 3.05) is 0 Å². The van der Waals surface area contributed by atoms with Crippen LogP contribution in [0.3, 0.4) is 0 Å². The minimum absolute atomic E-state index is 0.398. The lowest BCUT2D eigenvalue weighted by atomic mass is 10.3. The zero-order valence-electron chi connectivity index (χ0n) is 6.99. The summed E-state index contributed by atoms with van der Waals surface area (Å²) in [6, 6.07) is 8.46. The molecule has 2 nitrogen and oxygen atoms in total. The first kappa shape index (κ1) is 9.49. The molecule has 0 aliphatic carbocycles. The van der Waals surface area contributed by atoms with Crippen LogP contribution in [0.2, 0.25) is 5.02 Å². The van der Waals surface area contributed by atoms with Crippen molar-refractivity contribution in [1.29, 1.82) is 0 Å². The van der Waals surface area contributed by atoms with Crippen molar-refractivity contribution in [2.24, 2.45) is 0 Å². The minimum Gasteiger partial charge on any atom is -0.285 e. The fourth-order valence-corrected chi connectivity index (χ4v) is 2.01. The third-order valence-corrected chi connectivity index (χ3v) is 3.03. The Labute approximate surface area is 89.2 Å². The van der Waals surface area contributed by atoms with E-state index in [4.69, 9.17) is 11.6 Å².